The molecule has 186 valence electrons. The summed E-state index contributed by atoms with van der Waals surface area (Å²) in [4.78, 5) is 42.5. The second-order valence-corrected chi connectivity index (χ2v) is 9.08. The van der Waals surface area contributed by atoms with Gasteiger partial charge in [-0.25, -0.2) is 0 Å². The third kappa shape index (κ3) is 4.28. The number of nitrogens with zero attached hydrogens (tertiary/aromatic N) is 2. The van der Waals surface area contributed by atoms with Gasteiger partial charge in [-0.2, -0.15) is 0 Å². The Morgan fingerprint density at radius 3 is 2.61 bits per heavy atom. The molecule has 0 aliphatic carbocycles. The average Bonchev–Trinajstić information content (AvgIpc) is 3.39. The number of likely N-dealkylation sites (tertiary alicyclic amines) is 1. The predicted octanol–water partition coefficient (Wildman–Crippen LogP) is 3.97. The van der Waals surface area contributed by atoms with Crippen LogP contribution < -0.4 is 15.0 Å². The topological polar surface area (TPSA) is 88.2 Å². The van der Waals surface area contributed by atoms with Crippen LogP contribution >= 0.6 is 0 Å². The van der Waals surface area contributed by atoms with E-state index in [1.807, 2.05) is 54.6 Å². The van der Waals surface area contributed by atoms with E-state index in [9.17, 15) is 14.4 Å². The highest BCUT2D eigenvalue weighted by molar-refractivity contribution is 6.27. The predicted molar refractivity (Wildman–Crippen MR) is 137 cm³/mol. The Morgan fingerprint density at radius 1 is 1.06 bits per heavy atom. The Bertz CT molecular complexity index is 1320. The lowest BCUT2D eigenvalue weighted by Crippen LogP contribution is -2.41. The molecule has 0 spiro atoms. The summed E-state index contributed by atoms with van der Waals surface area (Å²) in [5, 5.41) is 4.70. The van der Waals surface area contributed by atoms with Crippen molar-refractivity contribution in [3.05, 3.63) is 65.7 Å². The first-order valence-electron chi connectivity index (χ1n) is 12.1. The van der Waals surface area contributed by atoms with E-state index in [2.05, 4.69) is 5.32 Å². The lowest BCUT2D eigenvalue weighted by Gasteiger charge is -2.24. The lowest BCUT2D eigenvalue weighted by molar-refractivity contribution is -0.133. The zero-order chi connectivity index (χ0) is 25.2. The van der Waals surface area contributed by atoms with Gasteiger partial charge in [-0.1, -0.05) is 24.3 Å². The van der Waals surface area contributed by atoms with E-state index in [0.29, 0.717) is 43.8 Å². The van der Waals surface area contributed by atoms with Crippen LogP contribution in [0.2, 0.25) is 0 Å². The van der Waals surface area contributed by atoms with Gasteiger partial charge in [0.15, 0.2) is 0 Å². The van der Waals surface area contributed by atoms with Gasteiger partial charge < -0.3 is 24.6 Å². The number of benzene rings is 3. The first-order valence-corrected chi connectivity index (χ1v) is 12.1. The van der Waals surface area contributed by atoms with Crippen LogP contribution in [-0.4, -0.2) is 56.0 Å². The molecule has 1 fully saturated rings. The molecule has 0 saturated carbocycles. The molecule has 2 aliphatic heterocycles. The minimum absolute atomic E-state index is 0.0383. The van der Waals surface area contributed by atoms with Gasteiger partial charge in [0.05, 0.1) is 12.8 Å². The number of amides is 3. The quantitative estimate of drug-likeness (QED) is 0.462. The third-order valence-electron chi connectivity index (χ3n) is 6.92. The van der Waals surface area contributed by atoms with Crippen LogP contribution in [-0.2, 0) is 20.9 Å². The largest absolute Gasteiger partial charge is 0.497 e. The molecule has 1 saturated heterocycles. The van der Waals surface area contributed by atoms with Crippen LogP contribution in [0.25, 0.3) is 10.8 Å². The molecule has 0 radical (unpaired) electrons. The molecule has 3 aromatic carbocycles. The molecule has 3 aromatic rings. The fourth-order valence-electron chi connectivity index (χ4n) is 5.09. The molecule has 5 rings (SSSR count). The summed E-state index contributed by atoms with van der Waals surface area (Å²) >= 11 is 0. The maximum Gasteiger partial charge on any atom is 0.258 e. The fourth-order valence-corrected chi connectivity index (χ4v) is 5.09. The number of methoxy groups -OCH3 is 2. The maximum atomic E-state index is 13.4. The minimum Gasteiger partial charge on any atom is -0.497 e. The second-order valence-electron chi connectivity index (χ2n) is 9.08. The Balaban J connectivity index is 1.37. The fraction of sp³-hybridized carbons (Fsp3) is 0.321. The minimum atomic E-state index is -0.560. The third-order valence-corrected chi connectivity index (χ3v) is 6.92. The van der Waals surface area contributed by atoms with E-state index in [-0.39, 0.29) is 17.7 Å². The van der Waals surface area contributed by atoms with Crippen LogP contribution in [0.3, 0.4) is 0 Å². The first kappa shape index (κ1) is 23.8. The molecule has 0 bridgehead atoms. The molecule has 2 aliphatic rings. The van der Waals surface area contributed by atoms with Gasteiger partial charge in [0, 0.05) is 55.3 Å². The Kier molecular flexibility index (Phi) is 6.61. The number of carbonyl (C=O) groups is 3. The van der Waals surface area contributed by atoms with Crippen LogP contribution in [0, 0.1) is 0 Å². The molecule has 1 unspecified atom stereocenters. The molecular weight excluding hydrogens is 458 g/mol. The van der Waals surface area contributed by atoms with Gasteiger partial charge in [0.25, 0.3) is 5.91 Å². The normalized spacial score (nSPS) is 16.8. The molecule has 2 heterocycles. The summed E-state index contributed by atoms with van der Waals surface area (Å²) in [5.74, 6) is 0.436. The summed E-state index contributed by atoms with van der Waals surface area (Å²) in [6, 6.07) is 16.2. The van der Waals surface area contributed by atoms with Gasteiger partial charge in [0.1, 0.15) is 11.8 Å². The highest BCUT2D eigenvalue weighted by Gasteiger charge is 2.37. The van der Waals surface area contributed by atoms with Crippen LogP contribution in [0.5, 0.6) is 5.75 Å². The average molecular weight is 488 g/mol. The molecule has 1 atom stereocenters. The molecule has 8 heteroatoms. The highest BCUT2D eigenvalue weighted by Crippen LogP contribution is 2.41. The maximum absolute atomic E-state index is 13.4. The standard InChI is InChI=1S/C28H29N3O5/c1-35-16-4-15-30-23-12-11-22(20-5-3-6-21(26(20)23)28(30)34)29-27(33)24-13-14-25(32)31(24)17-18-7-9-19(36-2)10-8-18/h3,5-12,24H,4,13-17H2,1-2H3,(H,29,33). The lowest BCUT2D eigenvalue weighted by atomic mass is 10.0. The molecule has 36 heavy (non-hydrogen) atoms. The van der Waals surface area contributed by atoms with Crippen molar-refractivity contribution in [1.29, 1.82) is 0 Å². The number of ether oxygens (including phenoxy) is 2. The Labute approximate surface area is 209 Å². The van der Waals surface area contributed by atoms with Crippen molar-refractivity contribution in [2.24, 2.45) is 0 Å². The Morgan fingerprint density at radius 2 is 1.86 bits per heavy atom. The van der Waals surface area contributed by atoms with Crippen LogP contribution in [0.1, 0.15) is 35.2 Å². The number of carbonyl (C=O) groups excluding carboxylic acids is 3. The Hall–Kier alpha value is -3.91. The van der Waals surface area contributed by atoms with Gasteiger partial charge in [-0.15, -0.1) is 0 Å². The van der Waals surface area contributed by atoms with Crippen molar-refractivity contribution in [3.8, 4) is 5.75 Å². The molecule has 1 N–H and O–H groups in total. The number of anilines is 2. The molecule has 0 aromatic heterocycles. The summed E-state index contributed by atoms with van der Waals surface area (Å²) in [7, 11) is 3.25. The van der Waals surface area contributed by atoms with Crippen molar-refractivity contribution in [2.45, 2.75) is 31.8 Å². The highest BCUT2D eigenvalue weighted by atomic mass is 16.5. The van der Waals surface area contributed by atoms with E-state index >= 15 is 0 Å². The first-order chi connectivity index (χ1) is 17.5. The van der Waals surface area contributed by atoms with E-state index in [4.69, 9.17) is 9.47 Å². The monoisotopic (exact) mass is 487 g/mol. The van der Waals surface area contributed by atoms with E-state index in [1.165, 1.54) is 0 Å². The summed E-state index contributed by atoms with van der Waals surface area (Å²) in [6.07, 6.45) is 1.53. The number of rotatable bonds is 9. The SMILES string of the molecule is COCCCN1C(=O)c2cccc3c(NC(=O)C4CCC(=O)N4Cc4ccc(OC)cc4)ccc1c23. The zero-order valence-corrected chi connectivity index (χ0v) is 20.5. The zero-order valence-electron chi connectivity index (χ0n) is 20.5. The summed E-state index contributed by atoms with van der Waals surface area (Å²) in [5.41, 5.74) is 3.04. The van der Waals surface area contributed by atoms with Crippen LogP contribution in [0.15, 0.2) is 54.6 Å². The number of nitrogens with one attached hydrogen (secondary N) is 1. The summed E-state index contributed by atoms with van der Waals surface area (Å²) < 4.78 is 10.3. The number of hydrogen-bond acceptors (Lipinski definition) is 5. The van der Waals surface area contributed by atoms with Crippen molar-refractivity contribution < 1.29 is 23.9 Å². The second kappa shape index (κ2) is 9.99. The van der Waals surface area contributed by atoms with Crippen LogP contribution in [0.4, 0.5) is 11.4 Å². The van der Waals surface area contributed by atoms with E-state index in [0.717, 1.165) is 34.2 Å². The van der Waals surface area contributed by atoms with Gasteiger partial charge >= 0.3 is 0 Å². The van der Waals surface area contributed by atoms with Crippen molar-refractivity contribution in [1.82, 2.24) is 4.90 Å². The van der Waals surface area contributed by atoms with E-state index < -0.39 is 6.04 Å². The smallest absolute Gasteiger partial charge is 0.258 e. The van der Waals surface area contributed by atoms with Gasteiger partial charge in [-0.3, -0.25) is 14.4 Å². The van der Waals surface area contributed by atoms with Crippen molar-refractivity contribution in [3.63, 3.8) is 0 Å². The van der Waals surface area contributed by atoms with E-state index in [1.54, 1.807) is 24.0 Å². The van der Waals surface area contributed by atoms with Crippen molar-refractivity contribution >= 4 is 39.9 Å². The van der Waals surface area contributed by atoms with Gasteiger partial charge in [-0.05, 0) is 48.7 Å². The summed E-state index contributed by atoms with van der Waals surface area (Å²) in [6.45, 7) is 1.49. The van der Waals surface area contributed by atoms with Gasteiger partial charge in [0.2, 0.25) is 11.8 Å². The number of hydrogen-bond donors (Lipinski definition) is 1. The molecule has 3 amide bonds. The molecule has 8 nitrogen and oxygen atoms in total. The van der Waals surface area contributed by atoms with Crippen molar-refractivity contribution in [2.75, 3.05) is 37.6 Å². The molecular formula is C28H29N3O5.